The molecular formula is C21H27Cl2Zr-. The van der Waals surface area contributed by atoms with Gasteiger partial charge in [0.15, 0.2) is 0 Å². The fourth-order valence-electron chi connectivity index (χ4n) is 4.67. The Labute approximate surface area is 176 Å². The molecule has 0 fully saturated rings. The quantitative estimate of drug-likeness (QED) is 0.325. The standard InChI is InChI=1S/C20H24Cl2.CH3.Zr/c21-19(11-9-15-5-1-3-7-17(15)19)13-14-20(22)12-10-16-6-2-4-8-18(16)20;;/h9-12H,1-8,13-14H2;1H3;/q;-1;. The number of halogens is 2. The van der Waals surface area contributed by atoms with Crippen molar-refractivity contribution in [3.8, 4) is 0 Å². The summed E-state index contributed by atoms with van der Waals surface area (Å²) in [6, 6.07) is 0. The van der Waals surface area contributed by atoms with Crippen molar-refractivity contribution in [1.29, 1.82) is 0 Å². The van der Waals surface area contributed by atoms with E-state index in [0.717, 1.165) is 12.8 Å². The summed E-state index contributed by atoms with van der Waals surface area (Å²) < 4.78 is 0. The van der Waals surface area contributed by atoms with Crippen molar-refractivity contribution in [2.24, 2.45) is 0 Å². The summed E-state index contributed by atoms with van der Waals surface area (Å²) in [5.74, 6) is 0. The molecule has 3 heteroatoms. The number of allylic oxidation sites excluding steroid dienone is 8. The molecule has 0 N–H and O–H groups in total. The maximum atomic E-state index is 7.02. The van der Waals surface area contributed by atoms with Gasteiger partial charge in [-0.25, -0.2) is 0 Å². The van der Waals surface area contributed by atoms with Crippen molar-refractivity contribution in [1.82, 2.24) is 0 Å². The van der Waals surface area contributed by atoms with Crippen LogP contribution < -0.4 is 0 Å². The van der Waals surface area contributed by atoms with E-state index in [1.54, 1.807) is 0 Å². The molecule has 0 aromatic rings. The molecule has 0 saturated heterocycles. The van der Waals surface area contributed by atoms with E-state index in [-0.39, 0.29) is 43.4 Å². The molecule has 0 amide bonds. The van der Waals surface area contributed by atoms with E-state index in [2.05, 4.69) is 24.3 Å². The zero-order chi connectivity index (χ0) is 15.2. The molecule has 2 atom stereocenters. The van der Waals surface area contributed by atoms with Gasteiger partial charge in [-0.15, -0.1) is 23.2 Å². The molecule has 0 spiro atoms. The van der Waals surface area contributed by atoms with Gasteiger partial charge in [-0.3, -0.25) is 0 Å². The molecule has 0 aliphatic heterocycles. The van der Waals surface area contributed by atoms with E-state index >= 15 is 0 Å². The molecular weight excluding hydrogens is 414 g/mol. The molecule has 0 aromatic heterocycles. The smallest absolute Gasteiger partial charge is 0.0844 e. The van der Waals surface area contributed by atoms with E-state index < -0.39 is 0 Å². The Morgan fingerprint density at radius 3 is 1.50 bits per heavy atom. The van der Waals surface area contributed by atoms with E-state index in [4.69, 9.17) is 23.2 Å². The molecule has 0 aromatic carbocycles. The van der Waals surface area contributed by atoms with Gasteiger partial charge >= 0.3 is 0 Å². The molecule has 130 valence electrons. The number of hydrogen-bond donors (Lipinski definition) is 0. The van der Waals surface area contributed by atoms with Gasteiger partial charge in [0.2, 0.25) is 0 Å². The summed E-state index contributed by atoms with van der Waals surface area (Å²) in [6.45, 7) is 0. The molecule has 0 nitrogen and oxygen atoms in total. The summed E-state index contributed by atoms with van der Waals surface area (Å²) in [7, 11) is 0. The van der Waals surface area contributed by atoms with E-state index in [1.807, 2.05) is 0 Å². The predicted molar refractivity (Wildman–Crippen MR) is 102 cm³/mol. The maximum absolute atomic E-state index is 7.02. The van der Waals surface area contributed by atoms with Crippen molar-refractivity contribution in [3.05, 3.63) is 54.0 Å². The van der Waals surface area contributed by atoms with E-state index in [1.165, 1.54) is 73.7 Å². The third kappa shape index (κ3) is 3.61. The van der Waals surface area contributed by atoms with Gasteiger partial charge in [-0.1, -0.05) is 24.3 Å². The van der Waals surface area contributed by atoms with Gasteiger partial charge in [-0.05, 0) is 86.5 Å². The number of rotatable bonds is 3. The van der Waals surface area contributed by atoms with Crippen molar-refractivity contribution < 1.29 is 26.2 Å². The second-order valence-corrected chi connectivity index (χ2v) is 8.66. The van der Waals surface area contributed by atoms with E-state index in [0.29, 0.717) is 0 Å². The van der Waals surface area contributed by atoms with Crippen LogP contribution in [0.5, 0.6) is 0 Å². The third-order valence-corrected chi connectivity index (χ3v) is 7.06. The van der Waals surface area contributed by atoms with Crippen molar-refractivity contribution in [2.75, 3.05) is 0 Å². The van der Waals surface area contributed by atoms with Crippen LogP contribution in [-0.2, 0) is 26.2 Å². The van der Waals surface area contributed by atoms with Gasteiger partial charge in [0.05, 0.1) is 9.75 Å². The minimum Gasteiger partial charge on any atom is -0.358 e. The van der Waals surface area contributed by atoms with Crippen molar-refractivity contribution >= 4 is 23.2 Å². The SMILES string of the molecule is ClC1(CCC2(Cl)C=CC3=C2CCCC3)C=CC2=C1CCCC2.[CH3-].[Zr]. The first kappa shape index (κ1) is 20.7. The summed E-state index contributed by atoms with van der Waals surface area (Å²) in [4.78, 5) is -0.521. The van der Waals surface area contributed by atoms with Gasteiger partial charge in [0.1, 0.15) is 0 Å². The monoisotopic (exact) mass is 439 g/mol. The molecule has 24 heavy (non-hydrogen) atoms. The Bertz CT molecular complexity index is 559. The molecule has 2 unspecified atom stereocenters. The van der Waals surface area contributed by atoms with Crippen LogP contribution >= 0.6 is 23.2 Å². The Balaban J connectivity index is 0.00000104. The number of hydrogen-bond acceptors (Lipinski definition) is 0. The van der Waals surface area contributed by atoms with Crippen molar-refractivity contribution in [2.45, 2.75) is 74.0 Å². The first-order chi connectivity index (χ1) is 10.6. The summed E-state index contributed by atoms with van der Waals surface area (Å²) in [5, 5.41) is 0. The average molecular weight is 442 g/mol. The summed E-state index contributed by atoms with van der Waals surface area (Å²) in [5.41, 5.74) is 5.98. The largest absolute Gasteiger partial charge is 0.358 e. The topological polar surface area (TPSA) is 0 Å². The number of alkyl halides is 2. The molecule has 4 aliphatic carbocycles. The molecule has 0 bridgehead atoms. The van der Waals surface area contributed by atoms with E-state index in [9.17, 15) is 0 Å². The fraction of sp³-hybridized carbons (Fsp3) is 0.571. The summed E-state index contributed by atoms with van der Waals surface area (Å²) in [6.07, 6.45) is 20.9. The summed E-state index contributed by atoms with van der Waals surface area (Å²) >= 11 is 14.0. The van der Waals surface area contributed by atoms with Crippen LogP contribution in [0.1, 0.15) is 64.2 Å². The van der Waals surface area contributed by atoms with Crippen LogP contribution in [0.4, 0.5) is 0 Å². The Kier molecular flexibility index (Phi) is 6.89. The van der Waals surface area contributed by atoms with Crippen molar-refractivity contribution in [3.63, 3.8) is 0 Å². The van der Waals surface area contributed by atoms with Gasteiger partial charge in [0, 0.05) is 26.2 Å². The van der Waals surface area contributed by atoms with Crippen LogP contribution in [0.3, 0.4) is 0 Å². The third-order valence-electron chi connectivity index (χ3n) is 5.97. The molecule has 0 radical (unpaired) electrons. The Morgan fingerprint density at radius 2 is 1.08 bits per heavy atom. The second kappa shape index (κ2) is 7.98. The minimum absolute atomic E-state index is 0. The normalized spacial score (nSPS) is 33.9. The first-order valence-corrected chi connectivity index (χ1v) is 9.58. The Morgan fingerprint density at radius 1 is 0.708 bits per heavy atom. The molecule has 0 saturated carbocycles. The van der Waals surface area contributed by atoms with Gasteiger partial charge < -0.3 is 7.43 Å². The van der Waals surface area contributed by atoms with Crippen LogP contribution in [0.2, 0.25) is 0 Å². The molecule has 0 heterocycles. The fourth-order valence-corrected chi connectivity index (χ4v) is 5.42. The molecule has 4 rings (SSSR count). The first-order valence-electron chi connectivity index (χ1n) is 8.82. The zero-order valence-corrected chi connectivity index (χ0v) is 18.6. The van der Waals surface area contributed by atoms with Crippen LogP contribution in [0, 0.1) is 7.43 Å². The molecule has 4 aliphatic rings. The van der Waals surface area contributed by atoms with Crippen LogP contribution in [0.25, 0.3) is 0 Å². The second-order valence-electron chi connectivity index (χ2n) is 7.31. The van der Waals surface area contributed by atoms with Gasteiger partial charge in [-0.2, -0.15) is 0 Å². The minimum atomic E-state index is -0.260. The van der Waals surface area contributed by atoms with Crippen LogP contribution in [-0.4, -0.2) is 9.75 Å². The Hall–Kier alpha value is 0.423. The van der Waals surface area contributed by atoms with Crippen LogP contribution in [0.15, 0.2) is 46.6 Å². The zero-order valence-electron chi connectivity index (χ0n) is 14.6. The predicted octanol–water partition coefficient (Wildman–Crippen LogP) is 7.05. The maximum Gasteiger partial charge on any atom is 0.0844 e. The van der Waals surface area contributed by atoms with Gasteiger partial charge in [0.25, 0.3) is 0 Å². The average Bonchev–Trinajstić information content (AvgIpc) is 3.07.